The number of hydrogen-bond donors (Lipinski definition) is 1. The molecule has 2 aliphatic rings. The number of aromatic nitrogens is 3. The Morgan fingerprint density at radius 2 is 1.76 bits per heavy atom. The van der Waals surface area contributed by atoms with E-state index in [1.807, 2.05) is 36.4 Å². The number of carbonyl (C=O) groups excluding carboxylic acids is 2. The lowest BCUT2D eigenvalue weighted by Crippen LogP contribution is -2.57. The zero-order valence-electron chi connectivity index (χ0n) is 20.6. The highest BCUT2D eigenvalue weighted by Gasteiger charge is 2.48. The van der Waals surface area contributed by atoms with Gasteiger partial charge in [0.15, 0.2) is 11.5 Å². The third-order valence-electron chi connectivity index (χ3n) is 7.26. The number of hydrogen-bond acceptors (Lipinski definition) is 6. The van der Waals surface area contributed by atoms with Gasteiger partial charge in [0.05, 0.1) is 5.52 Å². The Labute approximate surface area is 224 Å². The Morgan fingerprint density at radius 1 is 1.00 bits per heavy atom. The van der Waals surface area contributed by atoms with Crippen LogP contribution in [0.25, 0.3) is 11.0 Å². The van der Waals surface area contributed by atoms with Gasteiger partial charge in [-0.3, -0.25) is 9.59 Å². The fourth-order valence-electron chi connectivity index (χ4n) is 5.30. The maximum atomic E-state index is 14.0. The highest BCUT2D eigenvalue weighted by molar-refractivity contribution is 6.30. The summed E-state index contributed by atoms with van der Waals surface area (Å²) in [5, 5.41) is 12.0. The molecule has 1 aliphatic carbocycles. The highest BCUT2D eigenvalue weighted by atomic mass is 35.5. The first-order valence-electron chi connectivity index (χ1n) is 12.6. The van der Waals surface area contributed by atoms with Gasteiger partial charge in [0.2, 0.25) is 18.6 Å². The van der Waals surface area contributed by atoms with Crippen LogP contribution in [0.15, 0.2) is 66.7 Å². The van der Waals surface area contributed by atoms with Gasteiger partial charge in [-0.25, -0.2) is 4.68 Å². The van der Waals surface area contributed by atoms with E-state index in [1.165, 1.54) is 0 Å². The fraction of sp³-hybridized carbons (Fsp3) is 0.286. The van der Waals surface area contributed by atoms with Crippen LogP contribution in [0, 0.1) is 0 Å². The largest absolute Gasteiger partial charge is 0.454 e. The predicted molar refractivity (Wildman–Crippen MR) is 142 cm³/mol. The van der Waals surface area contributed by atoms with Crippen LogP contribution in [0.1, 0.15) is 31.2 Å². The van der Waals surface area contributed by atoms with E-state index in [-0.39, 0.29) is 31.7 Å². The van der Waals surface area contributed by atoms with E-state index in [4.69, 9.17) is 21.1 Å². The summed E-state index contributed by atoms with van der Waals surface area (Å²) in [7, 11) is 0. The Bertz CT molecular complexity index is 1500. The summed E-state index contributed by atoms with van der Waals surface area (Å²) >= 11 is 6.11. The molecule has 1 aliphatic heterocycles. The van der Waals surface area contributed by atoms with Gasteiger partial charge in [0.1, 0.15) is 17.6 Å². The van der Waals surface area contributed by atoms with E-state index in [1.54, 1.807) is 39.9 Å². The second kappa shape index (κ2) is 9.98. The first kappa shape index (κ1) is 24.2. The maximum absolute atomic E-state index is 14.0. The number of anilines is 1. The summed E-state index contributed by atoms with van der Waals surface area (Å²) in [6, 6.07) is 20.1. The minimum Gasteiger partial charge on any atom is -0.454 e. The number of halogens is 1. The van der Waals surface area contributed by atoms with Gasteiger partial charge in [-0.1, -0.05) is 53.9 Å². The molecule has 0 spiro atoms. The highest BCUT2D eigenvalue weighted by Crippen LogP contribution is 2.39. The van der Waals surface area contributed by atoms with Crippen molar-refractivity contribution in [1.29, 1.82) is 0 Å². The molecule has 0 unspecified atom stereocenters. The molecule has 0 atom stereocenters. The normalized spacial score (nSPS) is 15.5. The average molecular weight is 532 g/mol. The van der Waals surface area contributed by atoms with Crippen LogP contribution in [-0.2, 0) is 22.7 Å². The van der Waals surface area contributed by atoms with Crippen LogP contribution < -0.4 is 14.8 Å². The quantitative estimate of drug-likeness (QED) is 0.368. The molecule has 194 valence electrons. The molecule has 1 N–H and O–H groups in total. The molecule has 0 radical (unpaired) electrons. The molecule has 1 fully saturated rings. The van der Waals surface area contributed by atoms with E-state index in [9.17, 15) is 9.59 Å². The number of rotatable bonds is 7. The first-order valence-corrected chi connectivity index (χ1v) is 12.9. The van der Waals surface area contributed by atoms with Crippen molar-refractivity contribution in [1.82, 2.24) is 19.9 Å². The lowest BCUT2D eigenvalue weighted by molar-refractivity contribution is -0.147. The average Bonchev–Trinajstić information content (AvgIpc) is 3.69. The topological polar surface area (TPSA) is 98.6 Å². The third kappa shape index (κ3) is 4.54. The van der Waals surface area contributed by atoms with Gasteiger partial charge >= 0.3 is 0 Å². The zero-order valence-corrected chi connectivity index (χ0v) is 21.4. The van der Waals surface area contributed by atoms with Gasteiger partial charge in [-0.2, -0.15) is 0 Å². The lowest BCUT2D eigenvalue weighted by atomic mass is 9.92. The van der Waals surface area contributed by atoms with Crippen molar-refractivity contribution < 1.29 is 19.1 Å². The SMILES string of the molecule is O=C(Cn1nnc2ccccc21)N(Cc1ccc(Cl)cc1)C1(C(=O)Nc2ccc3c(c2)OCO3)CCCC1. The molecule has 9 nitrogen and oxygen atoms in total. The molecule has 2 amide bonds. The van der Waals surface area contributed by atoms with E-state index in [0.717, 1.165) is 23.9 Å². The Morgan fingerprint density at radius 3 is 2.58 bits per heavy atom. The predicted octanol–water partition coefficient (Wildman–Crippen LogP) is 4.79. The summed E-state index contributed by atoms with van der Waals surface area (Å²) in [6.45, 7) is 0.376. The van der Waals surface area contributed by atoms with E-state index in [0.29, 0.717) is 40.6 Å². The molecule has 10 heteroatoms. The summed E-state index contributed by atoms with van der Waals surface area (Å²) in [5.41, 5.74) is 1.92. The maximum Gasteiger partial charge on any atom is 0.250 e. The molecule has 1 aromatic heterocycles. The smallest absolute Gasteiger partial charge is 0.250 e. The minimum atomic E-state index is -1.02. The molecular formula is C28H26ClN5O4. The molecular weight excluding hydrogens is 506 g/mol. The number of fused-ring (bicyclic) bond motifs is 2. The Balaban J connectivity index is 1.33. The Kier molecular flexibility index (Phi) is 6.37. The van der Waals surface area contributed by atoms with Crippen LogP contribution in [0.5, 0.6) is 11.5 Å². The fourth-order valence-corrected chi connectivity index (χ4v) is 5.43. The van der Waals surface area contributed by atoms with E-state index in [2.05, 4.69) is 15.6 Å². The van der Waals surface area contributed by atoms with Crippen molar-refractivity contribution >= 4 is 40.1 Å². The second-order valence-corrected chi connectivity index (χ2v) is 10.0. The molecule has 38 heavy (non-hydrogen) atoms. The van der Waals surface area contributed by atoms with Crippen LogP contribution in [-0.4, -0.2) is 44.0 Å². The Hall–Kier alpha value is -4.11. The van der Waals surface area contributed by atoms with Crippen molar-refractivity contribution in [2.45, 2.75) is 44.3 Å². The van der Waals surface area contributed by atoms with Crippen molar-refractivity contribution in [2.24, 2.45) is 0 Å². The number of nitrogens with zero attached hydrogens (tertiary/aromatic N) is 4. The zero-order chi connectivity index (χ0) is 26.1. The van der Waals surface area contributed by atoms with Crippen molar-refractivity contribution in [3.05, 3.63) is 77.3 Å². The van der Waals surface area contributed by atoms with Crippen LogP contribution >= 0.6 is 11.6 Å². The number of nitrogens with one attached hydrogen (secondary N) is 1. The second-order valence-electron chi connectivity index (χ2n) is 9.60. The van der Waals surface area contributed by atoms with E-state index >= 15 is 0 Å². The van der Waals surface area contributed by atoms with Gasteiger partial charge in [0, 0.05) is 23.3 Å². The number of ether oxygens (including phenoxy) is 2. The number of amides is 2. The van der Waals surface area contributed by atoms with Gasteiger partial charge < -0.3 is 19.7 Å². The molecule has 6 rings (SSSR count). The van der Waals surface area contributed by atoms with Gasteiger partial charge in [0.25, 0.3) is 0 Å². The van der Waals surface area contributed by atoms with E-state index < -0.39 is 5.54 Å². The van der Waals surface area contributed by atoms with Crippen LogP contribution in [0.4, 0.5) is 5.69 Å². The van der Waals surface area contributed by atoms with Crippen LogP contribution in [0.3, 0.4) is 0 Å². The number of carbonyl (C=O) groups is 2. The first-order chi connectivity index (χ1) is 18.5. The molecule has 2 heterocycles. The molecule has 3 aromatic carbocycles. The summed E-state index contributed by atoms with van der Waals surface area (Å²) in [6.07, 6.45) is 2.79. The van der Waals surface area contributed by atoms with Crippen LogP contribution in [0.2, 0.25) is 5.02 Å². The number of para-hydroxylation sites is 1. The summed E-state index contributed by atoms with van der Waals surface area (Å²) in [5.74, 6) is 0.784. The summed E-state index contributed by atoms with van der Waals surface area (Å²) < 4.78 is 12.5. The molecule has 1 saturated carbocycles. The van der Waals surface area contributed by atoms with Gasteiger partial charge in [-0.15, -0.1) is 5.10 Å². The van der Waals surface area contributed by atoms with Gasteiger partial charge in [-0.05, 0) is 54.8 Å². The summed E-state index contributed by atoms with van der Waals surface area (Å²) in [4.78, 5) is 29.7. The standard InChI is InChI=1S/C28H26ClN5O4/c29-20-9-7-19(8-10-20)16-33(26(35)17-34-23-6-2-1-5-22(23)31-32-34)28(13-3-4-14-28)27(36)30-21-11-12-24-25(15-21)38-18-37-24/h1-2,5-12,15H,3-4,13-14,16-18H2,(H,30,36). The third-order valence-corrected chi connectivity index (χ3v) is 7.51. The van der Waals surface area contributed by atoms with Crippen molar-refractivity contribution in [3.63, 3.8) is 0 Å². The molecule has 4 aromatic rings. The number of benzene rings is 3. The molecule has 0 bridgehead atoms. The van der Waals surface area contributed by atoms with Crippen molar-refractivity contribution in [2.75, 3.05) is 12.1 Å². The molecule has 0 saturated heterocycles. The monoisotopic (exact) mass is 531 g/mol. The lowest BCUT2D eigenvalue weighted by Gasteiger charge is -2.40. The van der Waals surface area contributed by atoms with Crippen molar-refractivity contribution in [3.8, 4) is 11.5 Å². The minimum absolute atomic E-state index is 0.0346.